The third-order valence-electron chi connectivity index (χ3n) is 3.49. The Kier molecular flexibility index (Phi) is 3.57. The maximum Gasteiger partial charge on any atom is 0.259 e. The zero-order valence-electron chi connectivity index (χ0n) is 11.7. The van der Waals surface area contributed by atoms with Crippen molar-refractivity contribution in [1.82, 2.24) is 0 Å². The molecule has 0 radical (unpaired) electrons. The van der Waals surface area contributed by atoms with Crippen LogP contribution in [0.25, 0.3) is 0 Å². The largest absolute Gasteiger partial charge is 0.307 e. The van der Waals surface area contributed by atoms with Gasteiger partial charge in [-0.25, -0.2) is 0 Å². The molecule has 102 valence electrons. The van der Waals surface area contributed by atoms with Crippen LogP contribution in [0.3, 0.4) is 0 Å². The molecule has 1 heterocycles. The molecule has 0 bridgehead atoms. The fourth-order valence-corrected chi connectivity index (χ4v) is 2.43. The molecule has 2 aromatic carbocycles. The first-order valence-electron chi connectivity index (χ1n) is 6.94. The minimum atomic E-state index is -0.00565. The molecule has 0 aromatic heterocycles. The number of rotatable bonds is 3. The predicted molar refractivity (Wildman–Crippen MR) is 85.4 cm³/mol. The topological polar surface area (TPSA) is 20.3 Å². The van der Waals surface area contributed by atoms with E-state index in [0.29, 0.717) is 12.1 Å². The maximum absolute atomic E-state index is 12.9. The van der Waals surface area contributed by atoms with Crippen molar-refractivity contribution in [3.05, 3.63) is 77.9 Å². The summed E-state index contributed by atoms with van der Waals surface area (Å²) in [7, 11) is 0. The van der Waals surface area contributed by atoms with Gasteiger partial charge in [-0.3, -0.25) is 4.79 Å². The van der Waals surface area contributed by atoms with Gasteiger partial charge in [-0.05, 0) is 30.7 Å². The lowest BCUT2D eigenvalue weighted by Crippen LogP contribution is -2.33. The maximum atomic E-state index is 12.9. The number of hydrogen-bond acceptors (Lipinski definition) is 1. The van der Waals surface area contributed by atoms with Crippen LogP contribution in [0.1, 0.15) is 27.9 Å². The molecule has 0 fully saturated rings. The molecule has 1 aliphatic rings. The summed E-state index contributed by atoms with van der Waals surface area (Å²) >= 11 is 0. The van der Waals surface area contributed by atoms with Crippen molar-refractivity contribution in [3.8, 4) is 11.8 Å². The molecule has 0 saturated carbocycles. The van der Waals surface area contributed by atoms with Gasteiger partial charge >= 0.3 is 0 Å². The summed E-state index contributed by atoms with van der Waals surface area (Å²) in [5.74, 6) is 6.28. The fraction of sp³-hybridized carbons (Fsp3) is 0.105. The second kappa shape index (κ2) is 5.68. The van der Waals surface area contributed by atoms with E-state index in [2.05, 4.69) is 18.4 Å². The second-order valence-electron chi connectivity index (χ2n) is 4.85. The van der Waals surface area contributed by atoms with Gasteiger partial charge in [-0.15, -0.1) is 6.58 Å². The summed E-state index contributed by atoms with van der Waals surface area (Å²) in [6, 6.07) is 15.3. The van der Waals surface area contributed by atoms with Crippen LogP contribution >= 0.6 is 0 Å². The van der Waals surface area contributed by atoms with E-state index < -0.39 is 0 Å². The molecule has 0 spiro atoms. The normalized spacial score (nSPS) is 12.4. The number of carbonyl (C=O) groups excluding carboxylic acids is 1. The molecule has 3 rings (SSSR count). The van der Waals surface area contributed by atoms with E-state index in [1.807, 2.05) is 54.6 Å². The number of fused-ring (bicyclic) bond motifs is 2. The van der Waals surface area contributed by atoms with Gasteiger partial charge < -0.3 is 4.90 Å². The summed E-state index contributed by atoms with van der Waals surface area (Å²) in [6.07, 6.45) is 2.57. The Balaban J connectivity index is 2.20. The van der Waals surface area contributed by atoms with Gasteiger partial charge in [-0.1, -0.05) is 42.2 Å². The van der Waals surface area contributed by atoms with Crippen LogP contribution < -0.4 is 4.90 Å². The zero-order valence-corrected chi connectivity index (χ0v) is 11.7. The quantitative estimate of drug-likeness (QED) is 0.618. The molecule has 0 N–H and O–H groups in total. The van der Waals surface area contributed by atoms with E-state index in [-0.39, 0.29) is 5.91 Å². The number of hydrogen-bond donors (Lipinski definition) is 0. The number of amides is 1. The summed E-state index contributed by atoms with van der Waals surface area (Å²) in [6.45, 7) is 4.35. The van der Waals surface area contributed by atoms with Crippen LogP contribution in [-0.4, -0.2) is 12.5 Å². The van der Waals surface area contributed by atoms with E-state index in [9.17, 15) is 4.79 Å². The Hall–Kier alpha value is -2.79. The number of anilines is 1. The van der Waals surface area contributed by atoms with Gasteiger partial charge in [-0.2, -0.15) is 0 Å². The Morgan fingerprint density at radius 1 is 1.00 bits per heavy atom. The third kappa shape index (κ3) is 2.46. The summed E-state index contributed by atoms with van der Waals surface area (Å²) < 4.78 is 0. The van der Waals surface area contributed by atoms with E-state index in [4.69, 9.17) is 0 Å². The molecular formula is C19H15NO. The number of para-hydroxylation sites is 1. The smallest absolute Gasteiger partial charge is 0.259 e. The molecular weight excluding hydrogens is 258 g/mol. The fourth-order valence-electron chi connectivity index (χ4n) is 2.43. The summed E-state index contributed by atoms with van der Waals surface area (Å²) in [4.78, 5) is 14.7. The van der Waals surface area contributed by atoms with Gasteiger partial charge in [0.25, 0.3) is 5.91 Å². The Bertz CT molecular complexity index is 764. The lowest BCUT2D eigenvalue weighted by Gasteiger charge is -2.25. The zero-order chi connectivity index (χ0) is 14.7. The highest BCUT2D eigenvalue weighted by Crippen LogP contribution is 2.25. The molecule has 0 atom stereocenters. The summed E-state index contributed by atoms with van der Waals surface area (Å²) in [5, 5.41) is 0. The van der Waals surface area contributed by atoms with Crippen molar-refractivity contribution in [2.45, 2.75) is 6.42 Å². The lowest BCUT2D eigenvalue weighted by molar-refractivity contribution is 0.0987. The van der Waals surface area contributed by atoms with Crippen LogP contribution in [0, 0.1) is 11.8 Å². The third-order valence-corrected chi connectivity index (χ3v) is 3.49. The standard InChI is InChI=1S/C19H15NO/c1-2-3-14-20-18-11-7-5-9-16(18)13-12-15-8-4-6-10-17(15)19(20)21/h2,4-11H,1,3,14H2. The van der Waals surface area contributed by atoms with Gasteiger partial charge in [0.05, 0.1) is 11.3 Å². The highest BCUT2D eigenvalue weighted by molar-refractivity contribution is 6.08. The van der Waals surface area contributed by atoms with Gasteiger partial charge in [0.2, 0.25) is 0 Å². The van der Waals surface area contributed by atoms with Crippen LogP contribution in [0.15, 0.2) is 61.2 Å². The van der Waals surface area contributed by atoms with Gasteiger partial charge in [0.1, 0.15) is 0 Å². The van der Waals surface area contributed by atoms with Crippen molar-refractivity contribution in [3.63, 3.8) is 0 Å². The Morgan fingerprint density at radius 3 is 2.48 bits per heavy atom. The van der Waals surface area contributed by atoms with Crippen molar-refractivity contribution in [2.24, 2.45) is 0 Å². The Morgan fingerprint density at radius 2 is 1.67 bits per heavy atom. The van der Waals surface area contributed by atoms with Crippen molar-refractivity contribution >= 4 is 11.6 Å². The molecule has 0 aliphatic carbocycles. The predicted octanol–water partition coefficient (Wildman–Crippen LogP) is 3.62. The first kappa shape index (κ1) is 13.2. The average molecular weight is 273 g/mol. The van der Waals surface area contributed by atoms with E-state index in [1.54, 1.807) is 4.90 Å². The average Bonchev–Trinajstić information content (AvgIpc) is 2.53. The minimum absolute atomic E-state index is 0.00565. The molecule has 2 heteroatoms. The monoisotopic (exact) mass is 273 g/mol. The first-order chi connectivity index (χ1) is 10.3. The van der Waals surface area contributed by atoms with Crippen molar-refractivity contribution in [2.75, 3.05) is 11.4 Å². The van der Waals surface area contributed by atoms with Crippen LogP contribution in [0.4, 0.5) is 5.69 Å². The van der Waals surface area contributed by atoms with Crippen LogP contribution in [-0.2, 0) is 0 Å². The first-order valence-corrected chi connectivity index (χ1v) is 6.94. The molecule has 0 unspecified atom stereocenters. The highest BCUT2D eigenvalue weighted by atomic mass is 16.2. The van der Waals surface area contributed by atoms with E-state index in [1.165, 1.54) is 0 Å². The molecule has 21 heavy (non-hydrogen) atoms. The number of nitrogens with zero attached hydrogens (tertiary/aromatic N) is 1. The van der Waals surface area contributed by atoms with E-state index >= 15 is 0 Å². The van der Waals surface area contributed by atoms with Gasteiger partial charge in [0, 0.05) is 17.7 Å². The highest BCUT2D eigenvalue weighted by Gasteiger charge is 2.22. The molecule has 1 amide bonds. The minimum Gasteiger partial charge on any atom is -0.307 e. The van der Waals surface area contributed by atoms with Crippen molar-refractivity contribution < 1.29 is 4.79 Å². The van der Waals surface area contributed by atoms with Gasteiger partial charge in [0.15, 0.2) is 0 Å². The Labute approximate surface area is 124 Å². The molecule has 2 nitrogen and oxygen atoms in total. The van der Waals surface area contributed by atoms with Crippen molar-refractivity contribution in [1.29, 1.82) is 0 Å². The van der Waals surface area contributed by atoms with E-state index in [0.717, 1.165) is 23.2 Å². The number of carbonyl (C=O) groups is 1. The van der Waals surface area contributed by atoms with Crippen LogP contribution in [0.2, 0.25) is 0 Å². The summed E-state index contributed by atoms with van der Waals surface area (Å²) in [5.41, 5.74) is 3.18. The SMILES string of the molecule is C=CCCN1C(=O)c2ccccc2C#Cc2ccccc21. The molecule has 1 aliphatic heterocycles. The second-order valence-corrected chi connectivity index (χ2v) is 4.85. The number of benzene rings is 2. The van der Waals surface area contributed by atoms with Crippen LogP contribution in [0.5, 0.6) is 0 Å². The molecule has 2 aromatic rings. The molecule has 0 saturated heterocycles. The lowest BCUT2D eigenvalue weighted by atomic mass is 10.0.